The Kier molecular flexibility index (Phi) is 3.33. The molecule has 0 amide bonds. The normalized spacial score (nSPS) is 12.4. The Morgan fingerprint density at radius 1 is 1.07 bits per heavy atom. The van der Waals surface area contributed by atoms with Gasteiger partial charge in [-0.05, 0) is 51.9 Å². The first kappa shape index (κ1) is 10.6. The molecule has 2 rings (SSSR count). The molecule has 0 spiro atoms. The van der Waals surface area contributed by atoms with Crippen molar-refractivity contribution in [3.05, 3.63) is 63.5 Å². The van der Waals surface area contributed by atoms with E-state index in [0.29, 0.717) is 0 Å². The molecular weight excluding hydrogens is 299 g/mol. The Bertz CT molecular complexity index is 425. The van der Waals surface area contributed by atoms with Crippen molar-refractivity contribution < 1.29 is 0 Å². The van der Waals surface area contributed by atoms with Crippen molar-refractivity contribution in [1.82, 2.24) is 4.98 Å². The summed E-state index contributed by atoms with van der Waals surface area (Å²) in [6.07, 6.45) is 3.56. The van der Waals surface area contributed by atoms with Gasteiger partial charge in [-0.15, -0.1) is 0 Å². The minimum absolute atomic E-state index is 0.0873. The van der Waals surface area contributed by atoms with Crippen molar-refractivity contribution >= 4 is 22.6 Å². The van der Waals surface area contributed by atoms with Gasteiger partial charge in [-0.25, -0.2) is 0 Å². The zero-order valence-corrected chi connectivity index (χ0v) is 10.3. The van der Waals surface area contributed by atoms with Gasteiger partial charge in [0.25, 0.3) is 0 Å². The van der Waals surface area contributed by atoms with Crippen LogP contribution < -0.4 is 5.73 Å². The van der Waals surface area contributed by atoms with Gasteiger partial charge in [0.2, 0.25) is 0 Å². The summed E-state index contributed by atoms with van der Waals surface area (Å²) < 4.78 is 1.22. The van der Waals surface area contributed by atoms with E-state index in [1.165, 1.54) is 3.57 Å². The van der Waals surface area contributed by atoms with E-state index < -0.39 is 0 Å². The van der Waals surface area contributed by atoms with Crippen molar-refractivity contribution in [2.75, 3.05) is 0 Å². The number of hydrogen-bond donors (Lipinski definition) is 1. The zero-order chi connectivity index (χ0) is 10.7. The Morgan fingerprint density at radius 2 is 1.80 bits per heavy atom. The molecule has 0 fully saturated rings. The molecule has 15 heavy (non-hydrogen) atoms. The molecule has 0 saturated carbocycles. The monoisotopic (exact) mass is 310 g/mol. The van der Waals surface area contributed by atoms with Crippen LogP contribution in [0.3, 0.4) is 0 Å². The van der Waals surface area contributed by atoms with Crippen LogP contribution >= 0.6 is 22.6 Å². The second-order valence-electron chi connectivity index (χ2n) is 3.32. The van der Waals surface area contributed by atoms with Crippen LogP contribution in [0.25, 0.3) is 0 Å². The van der Waals surface area contributed by atoms with Gasteiger partial charge in [0, 0.05) is 16.0 Å². The predicted octanol–water partition coefficient (Wildman–Crippen LogP) is 2.73. The van der Waals surface area contributed by atoms with E-state index in [9.17, 15) is 0 Å². The van der Waals surface area contributed by atoms with Gasteiger partial charge in [0.1, 0.15) is 0 Å². The molecule has 1 unspecified atom stereocenters. The van der Waals surface area contributed by atoms with Crippen LogP contribution in [0.2, 0.25) is 0 Å². The third-order valence-electron chi connectivity index (χ3n) is 2.27. The first-order chi connectivity index (χ1) is 7.27. The van der Waals surface area contributed by atoms with Crippen LogP contribution in [0, 0.1) is 3.57 Å². The number of halogens is 1. The van der Waals surface area contributed by atoms with E-state index >= 15 is 0 Å². The standard InChI is InChI=1S/C12H11IN2/c13-11-5-3-9(4-6-11)12(14)10-2-1-7-15-8-10/h1-8,12H,14H2. The average Bonchev–Trinajstić information content (AvgIpc) is 2.30. The number of pyridine rings is 1. The van der Waals surface area contributed by atoms with Crippen LogP contribution in [0.5, 0.6) is 0 Å². The highest BCUT2D eigenvalue weighted by molar-refractivity contribution is 14.1. The molecule has 0 bridgehead atoms. The van der Waals surface area contributed by atoms with Gasteiger partial charge in [-0.2, -0.15) is 0 Å². The Labute approximate surface area is 103 Å². The molecule has 1 aromatic heterocycles. The van der Waals surface area contributed by atoms with E-state index in [-0.39, 0.29) is 6.04 Å². The summed E-state index contributed by atoms with van der Waals surface area (Å²) in [7, 11) is 0. The smallest absolute Gasteiger partial charge is 0.0566 e. The maximum Gasteiger partial charge on any atom is 0.0566 e. The second-order valence-corrected chi connectivity index (χ2v) is 4.56. The molecule has 3 heteroatoms. The first-order valence-corrected chi connectivity index (χ1v) is 5.76. The molecule has 0 radical (unpaired) electrons. The quantitative estimate of drug-likeness (QED) is 0.866. The number of hydrogen-bond acceptors (Lipinski definition) is 2. The highest BCUT2D eigenvalue weighted by atomic mass is 127. The maximum absolute atomic E-state index is 6.12. The second kappa shape index (κ2) is 4.72. The fourth-order valence-corrected chi connectivity index (χ4v) is 1.78. The third-order valence-corrected chi connectivity index (χ3v) is 2.99. The largest absolute Gasteiger partial charge is 0.320 e. The van der Waals surface area contributed by atoms with Gasteiger partial charge in [-0.3, -0.25) is 4.98 Å². The molecule has 76 valence electrons. The molecule has 0 aliphatic heterocycles. The molecule has 1 heterocycles. The lowest BCUT2D eigenvalue weighted by Gasteiger charge is -2.11. The molecule has 2 nitrogen and oxygen atoms in total. The van der Waals surface area contributed by atoms with Crippen molar-refractivity contribution in [1.29, 1.82) is 0 Å². The SMILES string of the molecule is NC(c1ccc(I)cc1)c1cccnc1. The van der Waals surface area contributed by atoms with Crippen LogP contribution in [0.1, 0.15) is 17.2 Å². The van der Waals surface area contributed by atoms with Crippen LogP contribution in [-0.2, 0) is 0 Å². The molecular formula is C12H11IN2. The Hall–Kier alpha value is -0.940. The molecule has 2 N–H and O–H groups in total. The lowest BCUT2D eigenvalue weighted by molar-refractivity contribution is 0.863. The van der Waals surface area contributed by atoms with E-state index in [4.69, 9.17) is 5.73 Å². The van der Waals surface area contributed by atoms with E-state index in [1.807, 2.05) is 18.3 Å². The Morgan fingerprint density at radius 3 is 2.40 bits per heavy atom. The summed E-state index contributed by atoms with van der Waals surface area (Å²) in [5.74, 6) is 0. The van der Waals surface area contributed by atoms with Gasteiger partial charge >= 0.3 is 0 Å². The topological polar surface area (TPSA) is 38.9 Å². The number of benzene rings is 1. The van der Waals surface area contributed by atoms with Crippen molar-refractivity contribution in [2.24, 2.45) is 5.73 Å². The highest BCUT2D eigenvalue weighted by Crippen LogP contribution is 2.19. The summed E-state index contributed by atoms with van der Waals surface area (Å²) >= 11 is 2.28. The van der Waals surface area contributed by atoms with Crippen LogP contribution in [0.4, 0.5) is 0 Å². The Balaban J connectivity index is 2.29. The van der Waals surface area contributed by atoms with Gasteiger partial charge in [-0.1, -0.05) is 18.2 Å². The highest BCUT2D eigenvalue weighted by Gasteiger charge is 2.07. The summed E-state index contributed by atoms with van der Waals surface area (Å²) in [5.41, 5.74) is 8.28. The predicted molar refractivity (Wildman–Crippen MR) is 69.4 cm³/mol. The minimum Gasteiger partial charge on any atom is -0.320 e. The number of rotatable bonds is 2. The van der Waals surface area contributed by atoms with Crippen LogP contribution in [-0.4, -0.2) is 4.98 Å². The van der Waals surface area contributed by atoms with Gasteiger partial charge < -0.3 is 5.73 Å². The van der Waals surface area contributed by atoms with E-state index in [0.717, 1.165) is 11.1 Å². The number of aromatic nitrogens is 1. The summed E-state index contributed by atoms with van der Waals surface area (Å²) in [6, 6.07) is 12.0. The third kappa shape index (κ3) is 2.54. The van der Waals surface area contributed by atoms with Crippen molar-refractivity contribution in [3.8, 4) is 0 Å². The summed E-state index contributed by atoms with van der Waals surface area (Å²) in [6.45, 7) is 0. The molecule has 0 saturated heterocycles. The fourth-order valence-electron chi connectivity index (χ4n) is 1.42. The number of nitrogens with two attached hydrogens (primary N) is 1. The summed E-state index contributed by atoms with van der Waals surface area (Å²) in [5, 5.41) is 0. The molecule has 0 aliphatic rings. The minimum atomic E-state index is -0.0873. The maximum atomic E-state index is 6.12. The zero-order valence-electron chi connectivity index (χ0n) is 8.10. The molecule has 0 aliphatic carbocycles. The molecule has 1 atom stereocenters. The van der Waals surface area contributed by atoms with Crippen molar-refractivity contribution in [3.63, 3.8) is 0 Å². The van der Waals surface area contributed by atoms with Crippen molar-refractivity contribution in [2.45, 2.75) is 6.04 Å². The van der Waals surface area contributed by atoms with E-state index in [1.54, 1.807) is 6.20 Å². The number of nitrogens with zero attached hydrogens (tertiary/aromatic N) is 1. The first-order valence-electron chi connectivity index (χ1n) is 4.68. The summed E-state index contributed by atoms with van der Waals surface area (Å²) in [4.78, 5) is 4.07. The van der Waals surface area contributed by atoms with Crippen LogP contribution in [0.15, 0.2) is 48.8 Å². The molecule has 2 aromatic rings. The van der Waals surface area contributed by atoms with Gasteiger partial charge in [0.15, 0.2) is 0 Å². The van der Waals surface area contributed by atoms with E-state index in [2.05, 4.69) is 51.8 Å². The van der Waals surface area contributed by atoms with Gasteiger partial charge in [0.05, 0.1) is 6.04 Å². The lowest BCUT2D eigenvalue weighted by Crippen LogP contribution is -2.11. The molecule has 1 aromatic carbocycles. The average molecular weight is 310 g/mol. The lowest BCUT2D eigenvalue weighted by atomic mass is 10.0. The fraction of sp³-hybridized carbons (Fsp3) is 0.0833.